The summed E-state index contributed by atoms with van der Waals surface area (Å²) in [4.78, 5) is 72.6. The van der Waals surface area contributed by atoms with E-state index >= 15 is 9.59 Å². The summed E-state index contributed by atoms with van der Waals surface area (Å²) >= 11 is 3.81. The van der Waals surface area contributed by atoms with Crippen LogP contribution in [-0.2, 0) is 37.9 Å². The van der Waals surface area contributed by atoms with Gasteiger partial charge >= 0.3 is 17.5 Å². The number of esters is 2. The van der Waals surface area contributed by atoms with Crippen molar-refractivity contribution in [2.24, 2.45) is 9.98 Å². The van der Waals surface area contributed by atoms with Crippen molar-refractivity contribution < 1.29 is 51.0 Å². The highest BCUT2D eigenvalue weighted by molar-refractivity contribution is 8.00. The number of aliphatic imine (C=N–C) groups is 2. The molecule has 0 spiro atoms. The second-order valence-corrected chi connectivity index (χ2v) is 20.1. The largest absolute Gasteiger partial charge is 0.457 e. The number of thiophene rings is 2. The molecule has 4 aromatic carbocycles. The second-order valence-electron chi connectivity index (χ2n) is 16.0. The number of nitrogens with zero attached hydrogens (tertiary/aromatic N) is 7. The minimum atomic E-state index is -2.80. The van der Waals surface area contributed by atoms with E-state index in [1.807, 2.05) is 0 Å². The SMILES string of the molecule is N#CC(C#N)=C1C(=Nc2nc3sc4c(c3s2)C(C(=O)OCc2ccccc2)(C(=O)OCc2ccccc2)Oc2c-4sc3c2SC(N=C2C(=O)c4cc(F)c(F)cc4C2=C(C#N)C#N)N3)C(=O)c2cc(F)c(F)cc21. The number of rotatable bonds is 8. The third kappa shape index (κ3) is 7.45. The lowest BCUT2D eigenvalue weighted by atomic mass is 9.91. The van der Waals surface area contributed by atoms with Crippen LogP contribution < -0.4 is 10.1 Å². The molecule has 1 atom stereocenters. The number of anilines is 1. The number of ether oxygens (including phenoxy) is 3. The van der Waals surface area contributed by atoms with Crippen LogP contribution in [-0.4, -0.2) is 45.4 Å². The van der Waals surface area contributed by atoms with Crippen molar-refractivity contribution in [2.45, 2.75) is 29.2 Å². The third-order valence-electron chi connectivity index (χ3n) is 11.8. The molecule has 1 unspecified atom stereocenters. The number of carbonyl (C=O) groups is 4. The predicted octanol–water partition coefficient (Wildman–Crippen LogP) is 10.4. The van der Waals surface area contributed by atoms with E-state index in [0.717, 1.165) is 45.8 Å². The first kappa shape index (κ1) is 47.2. The summed E-state index contributed by atoms with van der Waals surface area (Å²) in [7, 11) is 0. The van der Waals surface area contributed by atoms with Crippen LogP contribution in [0.3, 0.4) is 0 Å². The lowest BCUT2D eigenvalue weighted by Crippen LogP contribution is -2.52. The van der Waals surface area contributed by atoms with E-state index in [-0.39, 0.29) is 82.4 Å². The van der Waals surface area contributed by atoms with E-state index in [4.69, 9.17) is 14.2 Å². The molecule has 3 aromatic heterocycles. The Morgan fingerprint density at radius 2 is 1.19 bits per heavy atom. The number of carbonyl (C=O) groups excluding carboxylic acids is 4. The number of allylic oxidation sites excluding steroid dienone is 4. The van der Waals surface area contributed by atoms with Crippen LogP contribution >= 0.6 is 45.8 Å². The van der Waals surface area contributed by atoms with Crippen LogP contribution in [0.1, 0.15) is 48.5 Å². The van der Waals surface area contributed by atoms with Crippen molar-refractivity contribution in [3.63, 3.8) is 0 Å². The molecule has 0 saturated carbocycles. The number of Topliss-reactive ketones (excluding diaryl/α,β-unsaturated/α-hetero) is 2. The molecule has 2 aliphatic heterocycles. The highest BCUT2D eigenvalue weighted by Crippen LogP contribution is 2.64. The molecule has 7 aromatic rings. The maximum atomic E-state index is 15.2. The first-order valence-corrected chi connectivity index (χ1v) is 24.6. The first-order valence-electron chi connectivity index (χ1n) is 21.3. The van der Waals surface area contributed by atoms with E-state index in [0.29, 0.717) is 45.3 Å². The minimum absolute atomic E-state index is 0.0276. The summed E-state index contributed by atoms with van der Waals surface area (Å²) in [5.74, 6) is -9.69. The fourth-order valence-electron chi connectivity index (χ4n) is 8.53. The van der Waals surface area contributed by atoms with Gasteiger partial charge in [0, 0.05) is 33.4 Å². The van der Waals surface area contributed by atoms with Crippen molar-refractivity contribution in [3.05, 3.63) is 158 Å². The third-order valence-corrected chi connectivity index (χ3v) is 16.5. The molecule has 358 valence electrons. The van der Waals surface area contributed by atoms with E-state index in [1.54, 1.807) is 84.9 Å². The molecule has 5 heterocycles. The summed E-state index contributed by atoms with van der Waals surface area (Å²) in [6, 6.07) is 26.5. The van der Waals surface area contributed by atoms with Gasteiger partial charge in [-0.2, -0.15) is 21.0 Å². The van der Waals surface area contributed by atoms with Gasteiger partial charge in [0.1, 0.15) is 69.9 Å². The Morgan fingerprint density at radius 1 is 0.689 bits per heavy atom. The number of hydrogen-bond donors (Lipinski definition) is 1. The standard InChI is InChI=1S/C51H20F4N8O7S4/c52-29-11-25-27(13-31(29)54)38(64)36(33(25)23(15-56)16-57)60-49-62-45-42(73-49)35-41(71-45)43-40(70-51(35,47(66)68-19-21-7-3-1-4-8-21)48(67)69-20-22-9-5-2-6-10-22)44-46(72-43)63-50(74-44)61-37-34(24(17-58)18-59)26-12-30(53)32(55)14-28(26)39(37)65/h1-14,50,63H,19-20H2. The van der Waals surface area contributed by atoms with Crippen LogP contribution in [0.15, 0.2) is 111 Å². The van der Waals surface area contributed by atoms with Gasteiger partial charge in [-0.15, -0.1) is 22.7 Å². The van der Waals surface area contributed by atoms with Crippen LogP contribution in [0.2, 0.25) is 0 Å². The molecule has 23 heteroatoms. The molecule has 0 amide bonds. The second kappa shape index (κ2) is 18.2. The zero-order valence-electron chi connectivity index (χ0n) is 36.7. The number of aromatic nitrogens is 1. The molecule has 0 saturated heterocycles. The fraction of sp³-hybridized carbons (Fsp3) is 0.0784. The summed E-state index contributed by atoms with van der Waals surface area (Å²) in [5, 5.41) is 42.8. The Kier molecular flexibility index (Phi) is 11.6. The van der Waals surface area contributed by atoms with Gasteiger partial charge in [-0.05, 0) is 35.4 Å². The number of nitriles is 4. The van der Waals surface area contributed by atoms with Gasteiger partial charge in [-0.25, -0.2) is 42.1 Å². The topological polar surface area (TPSA) is 241 Å². The van der Waals surface area contributed by atoms with Crippen LogP contribution in [0, 0.1) is 68.6 Å². The van der Waals surface area contributed by atoms with Crippen molar-refractivity contribution in [1.82, 2.24) is 4.98 Å². The van der Waals surface area contributed by atoms with Gasteiger partial charge in [0.25, 0.3) is 0 Å². The number of halogens is 4. The van der Waals surface area contributed by atoms with Crippen LogP contribution in [0.4, 0.5) is 27.7 Å². The van der Waals surface area contributed by atoms with E-state index in [1.165, 1.54) is 0 Å². The number of thiazole rings is 1. The van der Waals surface area contributed by atoms with Gasteiger partial charge < -0.3 is 19.5 Å². The van der Waals surface area contributed by atoms with Gasteiger partial charge in [-0.3, -0.25) is 9.59 Å². The number of benzene rings is 4. The summed E-state index contributed by atoms with van der Waals surface area (Å²) in [6.45, 7) is -0.698. The van der Waals surface area contributed by atoms with Gasteiger partial charge in [0.05, 0.1) is 24.9 Å². The predicted molar refractivity (Wildman–Crippen MR) is 261 cm³/mol. The van der Waals surface area contributed by atoms with Gasteiger partial charge in [0.15, 0.2) is 34.5 Å². The molecular weight excluding hydrogens is 1040 g/mol. The molecule has 15 nitrogen and oxygen atoms in total. The molecule has 4 aliphatic rings. The zero-order valence-corrected chi connectivity index (χ0v) is 40.0. The number of thioether (sulfide) groups is 1. The Labute approximate surface area is 428 Å². The molecule has 74 heavy (non-hydrogen) atoms. The van der Waals surface area contributed by atoms with E-state index in [2.05, 4.69) is 20.3 Å². The van der Waals surface area contributed by atoms with E-state index in [9.17, 15) is 48.2 Å². The highest BCUT2D eigenvalue weighted by atomic mass is 32.2. The van der Waals surface area contributed by atoms with Gasteiger partial charge in [-0.1, -0.05) is 83.8 Å². The number of hydrogen-bond acceptors (Lipinski definition) is 19. The molecule has 1 N–H and O–H groups in total. The average Bonchev–Trinajstić information content (AvgIpc) is 4.27. The molecule has 2 aliphatic carbocycles. The highest BCUT2D eigenvalue weighted by Gasteiger charge is 2.61. The Balaban J connectivity index is 1.07. The van der Waals surface area contributed by atoms with Crippen molar-refractivity contribution in [3.8, 4) is 39.8 Å². The summed E-state index contributed by atoms with van der Waals surface area (Å²) in [5.41, 5.74) is -6.89. The summed E-state index contributed by atoms with van der Waals surface area (Å²) < 4.78 is 76.9. The molecule has 11 rings (SSSR count). The lowest BCUT2D eigenvalue weighted by molar-refractivity contribution is -0.183. The fourth-order valence-corrected chi connectivity index (χ4v) is 13.5. The minimum Gasteiger partial charge on any atom is -0.457 e. The smallest absolute Gasteiger partial charge is 0.367 e. The van der Waals surface area contributed by atoms with Crippen molar-refractivity contribution in [1.29, 1.82) is 21.0 Å². The average molecular weight is 1060 g/mol. The van der Waals surface area contributed by atoms with Gasteiger partial charge in [0.2, 0.25) is 16.7 Å². The number of fused-ring (bicyclic) bond motifs is 9. The lowest BCUT2D eigenvalue weighted by Gasteiger charge is -2.33. The van der Waals surface area contributed by atoms with Crippen LogP contribution in [0.25, 0.3) is 30.4 Å². The maximum Gasteiger partial charge on any atom is 0.367 e. The zero-order chi connectivity index (χ0) is 51.7. The number of ketones is 2. The molecular formula is C51H20F4N8O7S4. The maximum absolute atomic E-state index is 15.2. The normalized spacial score (nSPS) is 16.5. The quantitative estimate of drug-likeness (QED) is 0.0644. The van der Waals surface area contributed by atoms with Crippen molar-refractivity contribution in [2.75, 3.05) is 5.32 Å². The Morgan fingerprint density at radius 3 is 1.72 bits per heavy atom. The Bertz CT molecular complexity index is 3960. The monoisotopic (exact) mass is 1060 g/mol. The van der Waals surface area contributed by atoms with Crippen molar-refractivity contribution >= 4 is 112 Å². The van der Waals surface area contributed by atoms with Crippen LogP contribution in [0.5, 0.6) is 5.75 Å². The molecule has 0 fully saturated rings. The first-order chi connectivity index (χ1) is 35.8. The van der Waals surface area contributed by atoms with E-state index < -0.39 is 80.4 Å². The Hall–Kier alpha value is -9.10. The summed E-state index contributed by atoms with van der Waals surface area (Å²) in [6.07, 6.45) is 0. The number of nitrogens with one attached hydrogen (secondary N) is 1. The molecule has 0 bridgehead atoms. The molecule has 0 radical (unpaired) electrons.